The number of hydrogen-bond acceptors (Lipinski definition) is 4. The number of ether oxygens (including phenoxy) is 1. The molecular weight excluding hydrogens is 238 g/mol. The maximum atomic E-state index is 11.7. The first kappa shape index (κ1) is 11.6. The van der Waals surface area contributed by atoms with Gasteiger partial charge in [-0.15, -0.1) is 11.3 Å². The van der Waals surface area contributed by atoms with Crippen molar-refractivity contribution in [1.82, 2.24) is 4.98 Å². The van der Waals surface area contributed by atoms with Crippen molar-refractivity contribution in [2.24, 2.45) is 0 Å². The van der Waals surface area contributed by atoms with Crippen molar-refractivity contribution < 1.29 is 9.53 Å². The van der Waals surface area contributed by atoms with Crippen LogP contribution in [0.2, 0.25) is 0 Å². The molecule has 0 amide bonds. The van der Waals surface area contributed by atoms with Crippen LogP contribution in [0.1, 0.15) is 17.3 Å². The van der Waals surface area contributed by atoms with E-state index in [1.807, 2.05) is 17.5 Å². The second-order valence-electron chi connectivity index (χ2n) is 3.32. The SMILES string of the molecule is CCOC(=O)c1c[nH]c(-c2cccs2)cc1=O. The fraction of sp³-hybridized carbons (Fsp3) is 0.167. The van der Waals surface area contributed by atoms with Crippen LogP contribution in [0, 0.1) is 0 Å². The van der Waals surface area contributed by atoms with Gasteiger partial charge in [0.05, 0.1) is 17.2 Å². The summed E-state index contributed by atoms with van der Waals surface area (Å²) in [5.41, 5.74) is 0.413. The van der Waals surface area contributed by atoms with Gasteiger partial charge in [0.1, 0.15) is 5.56 Å². The lowest BCUT2D eigenvalue weighted by Gasteiger charge is -2.02. The first-order valence-electron chi connectivity index (χ1n) is 5.16. The molecule has 0 bridgehead atoms. The molecule has 88 valence electrons. The Hall–Kier alpha value is -1.88. The van der Waals surface area contributed by atoms with Crippen molar-refractivity contribution in [2.45, 2.75) is 6.92 Å². The summed E-state index contributed by atoms with van der Waals surface area (Å²) in [5, 5.41) is 1.92. The predicted octanol–water partition coefficient (Wildman–Crippen LogP) is 2.28. The van der Waals surface area contributed by atoms with Crippen LogP contribution in [-0.2, 0) is 4.74 Å². The van der Waals surface area contributed by atoms with Gasteiger partial charge >= 0.3 is 5.97 Å². The lowest BCUT2D eigenvalue weighted by Crippen LogP contribution is -2.17. The Bertz CT molecular complexity index is 572. The molecule has 0 aliphatic carbocycles. The highest BCUT2D eigenvalue weighted by molar-refractivity contribution is 7.13. The van der Waals surface area contributed by atoms with E-state index in [1.54, 1.807) is 6.92 Å². The van der Waals surface area contributed by atoms with Gasteiger partial charge in [-0.3, -0.25) is 4.79 Å². The minimum absolute atomic E-state index is 0.0344. The van der Waals surface area contributed by atoms with E-state index in [1.165, 1.54) is 23.6 Å². The van der Waals surface area contributed by atoms with E-state index in [9.17, 15) is 9.59 Å². The number of pyridine rings is 1. The molecule has 17 heavy (non-hydrogen) atoms. The van der Waals surface area contributed by atoms with Crippen LogP contribution in [0.5, 0.6) is 0 Å². The first-order valence-corrected chi connectivity index (χ1v) is 6.04. The standard InChI is InChI=1S/C12H11NO3S/c1-2-16-12(15)8-7-13-9(6-10(8)14)11-4-3-5-17-11/h3-7H,2H2,1H3,(H,13,14). The largest absolute Gasteiger partial charge is 0.462 e. The number of carbonyl (C=O) groups is 1. The zero-order valence-electron chi connectivity index (χ0n) is 9.23. The number of aromatic amines is 1. The fourth-order valence-electron chi connectivity index (χ4n) is 1.41. The Morgan fingerprint density at radius 1 is 1.53 bits per heavy atom. The number of carbonyl (C=O) groups excluding carboxylic acids is 1. The summed E-state index contributed by atoms with van der Waals surface area (Å²) >= 11 is 1.52. The monoisotopic (exact) mass is 249 g/mol. The van der Waals surface area contributed by atoms with Crippen molar-refractivity contribution in [2.75, 3.05) is 6.61 Å². The lowest BCUT2D eigenvalue weighted by atomic mass is 10.2. The molecule has 0 aromatic carbocycles. The summed E-state index contributed by atoms with van der Waals surface area (Å²) in [6.07, 6.45) is 1.40. The number of H-pyrrole nitrogens is 1. The molecule has 0 saturated carbocycles. The number of esters is 1. The number of thiophene rings is 1. The van der Waals surface area contributed by atoms with Crippen LogP contribution < -0.4 is 5.43 Å². The quantitative estimate of drug-likeness (QED) is 0.849. The highest BCUT2D eigenvalue weighted by Crippen LogP contribution is 2.21. The molecule has 2 aromatic rings. The topological polar surface area (TPSA) is 59.2 Å². The Morgan fingerprint density at radius 2 is 2.35 bits per heavy atom. The van der Waals surface area contributed by atoms with Gasteiger partial charge in [0, 0.05) is 12.3 Å². The molecule has 5 heteroatoms. The van der Waals surface area contributed by atoms with Crippen molar-refractivity contribution in [3.8, 4) is 10.6 Å². The van der Waals surface area contributed by atoms with Crippen molar-refractivity contribution in [3.05, 3.63) is 45.6 Å². The van der Waals surface area contributed by atoms with Crippen molar-refractivity contribution in [1.29, 1.82) is 0 Å². The number of nitrogens with one attached hydrogen (secondary N) is 1. The van der Waals surface area contributed by atoms with Gasteiger partial charge in [-0.2, -0.15) is 0 Å². The van der Waals surface area contributed by atoms with Gasteiger partial charge in [-0.1, -0.05) is 6.07 Å². The molecule has 2 aromatic heterocycles. The van der Waals surface area contributed by atoms with E-state index in [0.29, 0.717) is 5.69 Å². The number of hydrogen-bond donors (Lipinski definition) is 1. The van der Waals surface area contributed by atoms with Crippen LogP contribution in [0.4, 0.5) is 0 Å². The Labute approximate surface area is 102 Å². The molecule has 0 radical (unpaired) electrons. The van der Waals surface area contributed by atoms with Crippen LogP contribution in [0.15, 0.2) is 34.6 Å². The van der Waals surface area contributed by atoms with Gasteiger partial charge in [-0.25, -0.2) is 4.79 Å². The Morgan fingerprint density at radius 3 is 2.94 bits per heavy atom. The van der Waals surface area contributed by atoms with Gasteiger partial charge in [0.25, 0.3) is 0 Å². The van der Waals surface area contributed by atoms with Crippen molar-refractivity contribution >= 4 is 17.3 Å². The van der Waals surface area contributed by atoms with Gasteiger partial charge in [0.2, 0.25) is 0 Å². The summed E-state index contributed by atoms with van der Waals surface area (Å²) in [6.45, 7) is 1.96. The Balaban J connectivity index is 2.36. The minimum atomic E-state index is -0.591. The maximum absolute atomic E-state index is 11.7. The molecule has 2 rings (SSSR count). The maximum Gasteiger partial charge on any atom is 0.343 e. The zero-order chi connectivity index (χ0) is 12.3. The minimum Gasteiger partial charge on any atom is -0.462 e. The molecule has 0 unspecified atom stereocenters. The van der Waals surface area contributed by atoms with E-state index in [0.717, 1.165) is 4.88 Å². The third kappa shape index (κ3) is 2.45. The van der Waals surface area contributed by atoms with Crippen LogP contribution in [0.25, 0.3) is 10.6 Å². The second-order valence-corrected chi connectivity index (χ2v) is 4.27. The molecule has 0 aliphatic rings. The average Bonchev–Trinajstić information content (AvgIpc) is 2.82. The van der Waals surface area contributed by atoms with Gasteiger partial charge in [0.15, 0.2) is 5.43 Å². The summed E-state index contributed by atoms with van der Waals surface area (Å²) in [4.78, 5) is 27.0. The van der Waals surface area contributed by atoms with Crippen LogP contribution in [-0.4, -0.2) is 17.6 Å². The molecule has 4 nitrogen and oxygen atoms in total. The first-order chi connectivity index (χ1) is 8.22. The normalized spacial score (nSPS) is 10.2. The second kappa shape index (κ2) is 4.97. The van der Waals surface area contributed by atoms with E-state index < -0.39 is 5.97 Å². The molecule has 0 aliphatic heterocycles. The molecular formula is C12H11NO3S. The molecule has 0 atom stereocenters. The molecule has 0 spiro atoms. The zero-order valence-corrected chi connectivity index (χ0v) is 10.0. The average molecular weight is 249 g/mol. The predicted molar refractivity (Wildman–Crippen MR) is 66.3 cm³/mol. The smallest absolute Gasteiger partial charge is 0.343 e. The van der Waals surface area contributed by atoms with Crippen molar-refractivity contribution in [3.63, 3.8) is 0 Å². The summed E-state index contributed by atoms with van der Waals surface area (Å²) in [6, 6.07) is 5.22. The highest BCUT2D eigenvalue weighted by Gasteiger charge is 2.12. The molecule has 2 heterocycles. The Kier molecular flexibility index (Phi) is 3.39. The summed E-state index contributed by atoms with van der Waals surface area (Å²) in [7, 11) is 0. The third-order valence-corrected chi connectivity index (χ3v) is 3.10. The van der Waals surface area contributed by atoms with Crippen LogP contribution in [0.3, 0.4) is 0 Å². The lowest BCUT2D eigenvalue weighted by molar-refractivity contribution is 0.0524. The van der Waals surface area contributed by atoms with Crippen LogP contribution >= 0.6 is 11.3 Å². The van der Waals surface area contributed by atoms with Gasteiger partial charge in [-0.05, 0) is 18.4 Å². The van der Waals surface area contributed by atoms with E-state index >= 15 is 0 Å². The molecule has 0 saturated heterocycles. The van der Waals surface area contributed by atoms with E-state index in [4.69, 9.17) is 4.74 Å². The molecule has 0 fully saturated rings. The summed E-state index contributed by atoms with van der Waals surface area (Å²) in [5.74, 6) is -0.591. The summed E-state index contributed by atoms with van der Waals surface area (Å²) < 4.78 is 4.78. The number of aromatic nitrogens is 1. The van der Waals surface area contributed by atoms with E-state index in [-0.39, 0.29) is 17.6 Å². The van der Waals surface area contributed by atoms with Gasteiger partial charge < -0.3 is 9.72 Å². The number of rotatable bonds is 3. The highest BCUT2D eigenvalue weighted by atomic mass is 32.1. The molecule has 1 N–H and O–H groups in total. The fourth-order valence-corrected chi connectivity index (χ4v) is 2.12. The van der Waals surface area contributed by atoms with E-state index in [2.05, 4.69) is 4.98 Å². The third-order valence-electron chi connectivity index (χ3n) is 2.19.